The second-order valence-electron chi connectivity index (χ2n) is 4.46. The fraction of sp³-hybridized carbons (Fsp3) is 0.143. The van der Waals surface area contributed by atoms with Crippen LogP contribution in [0.5, 0.6) is 0 Å². The van der Waals surface area contributed by atoms with Crippen molar-refractivity contribution in [1.29, 1.82) is 0 Å². The Hall–Kier alpha value is -1.86. The summed E-state index contributed by atoms with van der Waals surface area (Å²) in [6.07, 6.45) is 0. The molecule has 1 unspecified atom stereocenters. The van der Waals surface area contributed by atoms with Crippen molar-refractivity contribution < 1.29 is 21.6 Å². The molecule has 0 fully saturated rings. The lowest BCUT2D eigenvalue weighted by atomic mass is 10.1. The van der Waals surface area contributed by atoms with Crippen LogP contribution in [0.15, 0.2) is 47.4 Å². The first kappa shape index (κ1) is 15.5. The van der Waals surface area contributed by atoms with E-state index in [0.29, 0.717) is 0 Å². The fourth-order valence-electron chi connectivity index (χ4n) is 1.82. The smallest absolute Gasteiger partial charge is 0.207 e. The largest absolute Gasteiger partial charge is 0.241 e. The molecule has 0 aromatic heterocycles. The van der Waals surface area contributed by atoms with Crippen LogP contribution in [-0.4, -0.2) is 8.42 Å². The molecular formula is C14H12F3NO2S. The second kappa shape index (κ2) is 5.87. The van der Waals surface area contributed by atoms with Crippen molar-refractivity contribution in [3.8, 4) is 0 Å². The van der Waals surface area contributed by atoms with Gasteiger partial charge in [0.15, 0.2) is 0 Å². The summed E-state index contributed by atoms with van der Waals surface area (Å²) >= 11 is 0. The molecule has 0 heterocycles. The molecule has 1 atom stereocenters. The summed E-state index contributed by atoms with van der Waals surface area (Å²) in [6.45, 7) is 1.39. The van der Waals surface area contributed by atoms with E-state index in [-0.39, 0.29) is 10.5 Å². The van der Waals surface area contributed by atoms with Gasteiger partial charge in [-0.3, -0.25) is 0 Å². The molecular weight excluding hydrogens is 303 g/mol. The van der Waals surface area contributed by atoms with Crippen molar-refractivity contribution in [1.82, 2.24) is 4.72 Å². The number of halogens is 3. The molecule has 0 saturated carbocycles. The molecule has 7 heteroatoms. The second-order valence-corrected chi connectivity index (χ2v) is 6.18. The first-order valence-corrected chi connectivity index (χ1v) is 7.51. The normalized spacial score (nSPS) is 13.1. The van der Waals surface area contributed by atoms with Gasteiger partial charge in [0.1, 0.15) is 17.5 Å². The minimum absolute atomic E-state index is 0.110. The van der Waals surface area contributed by atoms with E-state index >= 15 is 0 Å². The number of hydrogen-bond acceptors (Lipinski definition) is 2. The summed E-state index contributed by atoms with van der Waals surface area (Å²) in [4.78, 5) is -0.160. The maximum absolute atomic E-state index is 13.6. The highest BCUT2D eigenvalue weighted by atomic mass is 32.2. The topological polar surface area (TPSA) is 46.2 Å². The zero-order valence-corrected chi connectivity index (χ0v) is 11.8. The third kappa shape index (κ3) is 3.62. The summed E-state index contributed by atoms with van der Waals surface area (Å²) in [5, 5.41) is 0. The van der Waals surface area contributed by atoms with Crippen LogP contribution in [0.4, 0.5) is 13.2 Å². The Morgan fingerprint density at radius 1 is 0.952 bits per heavy atom. The summed E-state index contributed by atoms with van der Waals surface area (Å²) in [5.74, 6) is -1.96. The average molecular weight is 315 g/mol. The number of hydrogen-bond donors (Lipinski definition) is 1. The molecule has 0 radical (unpaired) electrons. The molecule has 0 amide bonds. The van der Waals surface area contributed by atoms with Crippen molar-refractivity contribution >= 4 is 10.0 Å². The van der Waals surface area contributed by atoms with E-state index in [2.05, 4.69) is 4.72 Å². The van der Waals surface area contributed by atoms with E-state index in [1.807, 2.05) is 0 Å². The SMILES string of the molecule is CC(NS(=O)(=O)c1ccc(F)cc1)c1cc(F)ccc1F. The first-order valence-electron chi connectivity index (χ1n) is 6.02. The van der Waals surface area contributed by atoms with Crippen LogP contribution in [0.1, 0.15) is 18.5 Å². The van der Waals surface area contributed by atoms with Gasteiger partial charge in [-0.1, -0.05) is 0 Å². The third-order valence-corrected chi connectivity index (χ3v) is 4.44. The fourth-order valence-corrected chi connectivity index (χ4v) is 3.05. The van der Waals surface area contributed by atoms with Crippen LogP contribution in [0.3, 0.4) is 0 Å². The van der Waals surface area contributed by atoms with Crippen molar-refractivity contribution in [3.63, 3.8) is 0 Å². The Morgan fingerprint density at radius 2 is 1.52 bits per heavy atom. The van der Waals surface area contributed by atoms with Gasteiger partial charge in [-0.2, -0.15) is 0 Å². The molecule has 2 aromatic rings. The van der Waals surface area contributed by atoms with Crippen LogP contribution in [0.2, 0.25) is 0 Å². The van der Waals surface area contributed by atoms with Crippen molar-refractivity contribution in [2.45, 2.75) is 17.9 Å². The minimum Gasteiger partial charge on any atom is -0.207 e. The Morgan fingerprint density at radius 3 is 2.14 bits per heavy atom. The van der Waals surface area contributed by atoms with Gasteiger partial charge in [0.25, 0.3) is 0 Å². The van der Waals surface area contributed by atoms with E-state index in [1.54, 1.807) is 0 Å². The molecule has 2 rings (SSSR count). The molecule has 3 nitrogen and oxygen atoms in total. The van der Waals surface area contributed by atoms with Crippen LogP contribution < -0.4 is 4.72 Å². The highest BCUT2D eigenvalue weighted by Crippen LogP contribution is 2.20. The summed E-state index contributed by atoms with van der Waals surface area (Å²) in [5.41, 5.74) is -0.110. The van der Waals surface area contributed by atoms with Crippen molar-refractivity contribution in [2.75, 3.05) is 0 Å². The lowest BCUT2D eigenvalue weighted by Gasteiger charge is -2.15. The molecule has 0 aliphatic rings. The third-order valence-electron chi connectivity index (χ3n) is 2.88. The Kier molecular flexibility index (Phi) is 4.34. The summed E-state index contributed by atoms with van der Waals surface area (Å²) < 4.78 is 65.9. The van der Waals surface area contributed by atoms with E-state index < -0.39 is 33.5 Å². The van der Waals surface area contributed by atoms with Crippen molar-refractivity contribution in [2.24, 2.45) is 0 Å². The highest BCUT2D eigenvalue weighted by molar-refractivity contribution is 7.89. The monoisotopic (exact) mass is 315 g/mol. The maximum Gasteiger partial charge on any atom is 0.241 e. The van der Waals surface area contributed by atoms with Gasteiger partial charge in [0, 0.05) is 11.6 Å². The van der Waals surface area contributed by atoms with Gasteiger partial charge in [-0.25, -0.2) is 26.3 Å². The molecule has 1 N–H and O–H groups in total. The van der Waals surface area contributed by atoms with Gasteiger partial charge in [0.05, 0.1) is 4.90 Å². The number of sulfonamides is 1. The molecule has 0 aliphatic carbocycles. The zero-order chi connectivity index (χ0) is 15.6. The van der Waals surface area contributed by atoms with Crippen LogP contribution in [0, 0.1) is 17.5 Å². The number of benzene rings is 2. The Balaban J connectivity index is 2.27. The van der Waals surface area contributed by atoms with Crippen molar-refractivity contribution in [3.05, 3.63) is 65.5 Å². The standard InChI is InChI=1S/C14H12F3NO2S/c1-9(13-8-11(16)4-7-14(13)17)18-21(19,20)12-5-2-10(15)3-6-12/h2-9,18H,1H3. The molecule has 2 aromatic carbocycles. The predicted molar refractivity (Wildman–Crippen MR) is 71.5 cm³/mol. The Labute approximate surface area is 120 Å². The maximum atomic E-state index is 13.6. The van der Waals surface area contributed by atoms with Crippen LogP contribution >= 0.6 is 0 Å². The molecule has 112 valence electrons. The van der Waals surface area contributed by atoms with Gasteiger partial charge in [-0.15, -0.1) is 0 Å². The van der Waals surface area contributed by atoms with E-state index in [0.717, 1.165) is 42.5 Å². The van der Waals surface area contributed by atoms with Gasteiger partial charge < -0.3 is 0 Å². The van der Waals surface area contributed by atoms with Gasteiger partial charge in [0.2, 0.25) is 10.0 Å². The molecule has 21 heavy (non-hydrogen) atoms. The minimum atomic E-state index is -3.96. The zero-order valence-electron chi connectivity index (χ0n) is 11.0. The van der Waals surface area contributed by atoms with E-state index in [9.17, 15) is 21.6 Å². The number of nitrogens with one attached hydrogen (secondary N) is 1. The van der Waals surface area contributed by atoms with Gasteiger partial charge >= 0.3 is 0 Å². The predicted octanol–water partition coefficient (Wildman–Crippen LogP) is 3.14. The Bertz CT molecular complexity index is 745. The summed E-state index contributed by atoms with van der Waals surface area (Å²) in [6, 6.07) is 6.00. The molecule has 0 spiro atoms. The molecule has 0 bridgehead atoms. The average Bonchev–Trinajstić information content (AvgIpc) is 2.41. The molecule has 0 aliphatic heterocycles. The lowest BCUT2D eigenvalue weighted by Crippen LogP contribution is -2.27. The highest BCUT2D eigenvalue weighted by Gasteiger charge is 2.20. The van der Waals surface area contributed by atoms with E-state index in [1.165, 1.54) is 6.92 Å². The first-order chi connectivity index (χ1) is 9.79. The van der Waals surface area contributed by atoms with Gasteiger partial charge in [-0.05, 0) is 49.4 Å². The molecule has 0 saturated heterocycles. The lowest BCUT2D eigenvalue weighted by molar-refractivity contribution is 0.541. The number of rotatable bonds is 4. The van der Waals surface area contributed by atoms with E-state index in [4.69, 9.17) is 0 Å². The summed E-state index contributed by atoms with van der Waals surface area (Å²) in [7, 11) is -3.96. The van der Waals surface area contributed by atoms with Crippen LogP contribution in [-0.2, 0) is 10.0 Å². The van der Waals surface area contributed by atoms with Crippen LogP contribution in [0.25, 0.3) is 0 Å². The quantitative estimate of drug-likeness (QED) is 0.942.